The van der Waals surface area contributed by atoms with E-state index in [1.165, 1.54) is 11.8 Å². The van der Waals surface area contributed by atoms with Gasteiger partial charge in [0.25, 0.3) is 12.3 Å². The van der Waals surface area contributed by atoms with Crippen molar-refractivity contribution < 1.29 is 18.3 Å². The number of hydrogen-bond acceptors (Lipinski definition) is 3. The smallest absolute Gasteiger partial charge is 0.268 e. The fraction of sp³-hybridized carbons (Fsp3) is 0.467. The molecule has 0 radical (unpaired) electrons. The molecule has 2 atom stereocenters. The summed E-state index contributed by atoms with van der Waals surface area (Å²) < 4.78 is 31.9. The number of carbonyl (C=O) groups is 1. The van der Waals surface area contributed by atoms with Crippen molar-refractivity contribution in [1.29, 1.82) is 0 Å². The molecule has 2 aromatic rings. The monoisotopic (exact) mass is 343 g/mol. The third-order valence-corrected chi connectivity index (χ3v) is 4.30. The van der Waals surface area contributed by atoms with Crippen molar-refractivity contribution in [1.82, 2.24) is 15.1 Å². The first-order valence-corrected chi connectivity index (χ1v) is 7.56. The maximum atomic E-state index is 13.3. The predicted molar refractivity (Wildman–Crippen MR) is 82.0 cm³/mol. The minimum atomic E-state index is -2.70. The molecule has 1 amide bonds. The average molecular weight is 344 g/mol. The Morgan fingerprint density at radius 1 is 1.57 bits per heavy atom. The molecule has 0 aliphatic carbocycles. The van der Waals surface area contributed by atoms with Crippen molar-refractivity contribution in [2.45, 2.75) is 32.0 Å². The van der Waals surface area contributed by atoms with E-state index in [4.69, 9.17) is 16.3 Å². The van der Waals surface area contributed by atoms with Crippen LogP contribution in [-0.4, -0.2) is 52.2 Å². The first kappa shape index (κ1) is 16.1. The number of morpholine rings is 1. The molecular formula is C15H16ClF2N3O2. The third kappa shape index (κ3) is 2.79. The minimum Gasteiger partial charge on any atom is -0.363 e. The standard InChI is InChI=1S/C15H16ClF2N3O2/c1-8-6-21(7-15(2,23-8)14(17)18)13(22)11-10(16)4-3-9-5-19-20-12(9)11/h3-5,8,14H,6-7H2,1-2H3,(H,19,20). The van der Waals surface area contributed by atoms with Gasteiger partial charge in [0, 0.05) is 11.9 Å². The van der Waals surface area contributed by atoms with Crippen LogP contribution in [0.2, 0.25) is 5.02 Å². The molecule has 3 rings (SSSR count). The second-order valence-electron chi connectivity index (χ2n) is 5.98. The van der Waals surface area contributed by atoms with Gasteiger partial charge in [0.05, 0.1) is 34.9 Å². The second kappa shape index (κ2) is 5.72. The zero-order valence-electron chi connectivity index (χ0n) is 12.6. The van der Waals surface area contributed by atoms with Gasteiger partial charge in [-0.15, -0.1) is 0 Å². The highest BCUT2D eigenvalue weighted by atomic mass is 35.5. The number of ether oxygens (including phenoxy) is 1. The van der Waals surface area contributed by atoms with Gasteiger partial charge in [-0.3, -0.25) is 9.89 Å². The number of fused-ring (bicyclic) bond motifs is 1. The summed E-state index contributed by atoms with van der Waals surface area (Å²) in [7, 11) is 0. The Kier molecular flexibility index (Phi) is 4.01. The van der Waals surface area contributed by atoms with Crippen molar-refractivity contribution in [2.75, 3.05) is 13.1 Å². The molecular weight excluding hydrogens is 328 g/mol. The molecule has 0 saturated carbocycles. The number of benzene rings is 1. The fourth-order valence-corrected chi connectivity index (χ4v) is 3.16. The largest absolute Gasteiger partial charge is 0.363 e. The first-order valence-electron chi connectivity index (χ1n) is 7.18. The SMILES string of the molecule is CC1CN(C(=O)c2c(Cl)ccc3cn[nH]c23)CC(C)(C(F)F)O1. The summed E-state index contributed by atoms with van der Waals surface area (Å²) in [4.78, 5) is 14.2. The van der Waals surface area contributed by atoms with Crippen LogP contribution >= 0.6 is 11.6 Å². The summed E-state index contributed by atoms with van der Waals surface area (Å²) in [6, 6.07) is 3.34. The van der Waals surface area contributed by atoms with Gasteiger partial charge in [-0.25, -0.2) is 8.78 Å². The number of nitrogens with one attached hydrogen (secondary N) is 1. The van der Waals surface area contributed by atoms with Gasteiger partial charge < -0.3 is 9.64 Å². The van der Waals surface area contributed by atoms with E-state index in [2.05, 4.69) is 10.2 Å². The summed E-state index contributed by atoms with van der Waals surface area (Å²) in [6.45, 7) is 3.00. The molecule has 5 nitrogen and oxygen atoms in total. The second-order valence-corrected chi connectivity index (χ2v) is 6.39. The Bertz CT molecular complexity index is 751. The molecule has 23 heavy (non-hydrogen) atoms. The topological polar surface area (TPSA) is 58.2 Å². The molecule has 1 N–H and O–H groups in total. The highest BCUT2D eigenvalue weighted by Gasteiger charge is 2.44. The lowest BCUT2D eigenvalue weighted by Gasteiger charge is -2.43. The van der Waals surface area contributed by atoms with Crippen LogP contribution in [-0.2, 0) is 4.74 Å². The number of aromatic nitrogens is 2. The number of hydrogen-bond donors (Lipinski definition) is 1. The van der Waals surface area contributed by atoms with E-state index in [1.54, 1.807) is 25.3 Å². The van der Waals surface area contributed by atoms with Crippen molar-refractivity contribution >= 4 is 28.4 Å². The van der Waals surface area contributed by atoms with Gasteiger partial charge in [0.15, 0.2) is 0 Å². The molecule has 124 valence electrons. The van der Waals surface area contributed by atoms with Gasteiger partial charge in [-0.1, -0.05) is 11.6 Å². The molecule has 2 heterocycles. The summed E-state index contributed by atoms with van der Waals surface area (Å²) in [6.07, 6.45) is -1.61. The van der Waals surface area contributed by atoms with Gasteiger partial charge in [-0.2, -0.15) is 5.10 Å². The summed E-state index contributed by atoms with van der Waals surface area (Å²) in [5, 5.41) is 7.63. The van der Waals surface area contributed by atoms with Crippen LogP contribution in [0.15, 0.2) is 18.3 Å². The van der Waals surface area contributed by atoms with Crippen LogP contribution in [0.3, 0.4) is 0 Å². The number of H-pyrrole nitrogens is 1. The quantitative estimate of drug-likeness (QED) is 0.911. The number of halogens is 3. The van der Waals surface area contributed by atoms with E-state index in [9.17, 15) is 13.6 Å². The van der Waals surface area contributed by atoms with E-state index in [0.29, 0.717) is 5.52 Å². The van der Waals surface area contributed by atoms with Crippen molar-refractivity contribution in [3.05, 3.63) is 28.9 Å². The Morgan fingerprint density at radius 3 is 3.00 bits per heavy atom. The van der Waals surface area contributed by atoms with Crippen LogP contribution < -0.4 is 0 Å². The number of amides is 1. The van der Waals surface area contributed by atoms with E-state index in [0.717, 1.165) is 5.39 Å². The molecule has 8 heteroatoms. The highest BCUT2D eigenvalue weighted by molar-refractivity contribution is 6.35. The van der Waals surface area contributed by atoms with E-state index in [-0.39, 0.29) is 23.7 Å². The Morgan fingerprint density at radius 2 is 2.30 bits per heavy atom. The lowest BCUT2D eigenvalue weighted by Crippen LogP contribution is -2.58. The maximum Gasteiger partial charge on any atom is 0.268 e. The predicted octanol–water partition coefficient (Wildman–Crippen LogP) is 3.10. The van der Waals surface area contributed by atoms with Gasteiger partial charge in [0.1, 0.15) is 5.60 Å². The summed E-state index contributed by atoms with van der Waals surface area (Å²) >= 11 is 6.17. The lowest BCUT2D eigenvalue weighted by molar-refractivity contribution is -0.191. The number of rotatable bonds is 2. The molecule has 1 aliphatic rings. The number of aromatic amines is 1. The molecule has 1 saturated heterocycles. The zero-order valence-corrected chi connectivity index (χ0v) is 13.4. The molecule has 0 spiro atoms. The average Bonchev–Trinajstić information content (AvgIpc) is 2.93. The number of alkyl halides is 2. The van der Waals surface area contributed by atoms with Gasteiger partial charge in [0.2, 0.25) is 0 Å². The Hall–Kier alpha value is -1.73. The summed E-state index contributed by atoms with van der Waals surface area (Å²) in [5.41, 5.74) is -0.949. The van der Waals surface area contributed by atoms with Crippen LogP contribution in [0.4, 0.5) is 8.78 Å². The van der Waals surface area contributed by atoms with Crippen molar-refractivity contribution in [2.24, 2.45) is 0 Å². The number of carbonyl (C=O) groups excluding carboxylic acids is 1. The Balaban J connectivity index is 1.98. The van der Waals surface area contributed by atoms with Crippen LogP contribution in [0.1, 0.15) is 24.2 Å². The van der Waals surface area contributed by atoms with E-state index in [1.807, 2.05) is 0 Å². The molecule has 1 aliphatic heterocycles. The minimum absolute atomic E-state index is 0.200. The van der Waals surface area contributed by atoms with Crippen LogP contribution in [0.5, 0.6) is 0 Å². The molecule has 1 aromatic heterocycles. The highest BCUT2D eigenvalue weighted by Crippen LogP contribution is 2.31. The third-order valence-electron chi connectivity index (χ3n) is 3.98. The fourth-order valence-electron chi connectivity index (χ4n) is 2.92. The lowest BCUT2D eigenvalue weighted by atomic mass is 10.0. The maximum absolute atomic E-state index is 13.3. The normalized spacial score (nSPS) is 25.3. The molecule has 1 fully saturated rings. The van der Waals surface area contributed by atoms with Crippen LogP contribution in [0, 0.1) is 0 Å². The summed E-state index contributed by atoms with van der Waals surface area (Å²) in [5.74, 6) is -0.410. The first-order chi connectivity index (χ1) is 10.8. The van der Waals surface area contributed by atoms with Crippen molar-refractivity contribution in [3.63, 3.8) is 0 Å². The zero-order chi connectivity index (χ0) is 16.8. The molecule has 1 aromatic carbocycles. The Labute approximate surface area is 136 Å². The van der Waals surface area contributed by atoms with Gasteiger partial charge >= 0.3 is 0 Å². The number of nitrogens with zero attached hydrogens (tertiary/aromatic N) is 2. The van der Waals surface area contributed by atoms with Crippen molar-refractivity contribution in [3.8, 4) is 0 Å². The van der Waals surface area contributed by atoms with E-state index >= 15 is 0 Å². The molecule has 2 unspecified atom stereocenters. The van der Waals surface area contributed by atoms with Crippen LogP contribution in [0.25, 0.3) is 10.9 Å². The van der Waals surface area contributed by atoms with Gasteiger partial charge in [-0.05, 0) is 26.0 Å². The van der Waals surface area contributed by atoms with E-state index < -0.39 is 24.0 Å². The molecule has 0 bridgehead atoms.